The molecule has 0 radical (unpaired) electrons. The Bertz CT molecular complexity index is 1080. The fraction of sp³-hybridized carbons (Fsp3) is 0.259. The van der Waals surface area contributed by atoms with Gasteiger partial charge < -0.3 is 19.9 Å². The Morgan fingerprint density at radius 2 is 1.45 bits per heavy atom. The Hall–Kier alpha value is -3.80. The van der Waals surface area contributed by atoms with E-state index in [1.54, 1.807) is 7.11 Å². The van der Waals surface area contributed by atoms with E-state index in [-0.39, 0.29) is 11.8 Å². The molecule has 0 aromatic heterocycles. The lowest BCUT2D eigenvalue weighted by Gasteiger charge is -2.35. The first kappa shape index (κ1) is 22.4. The Labute approximate surface area is 194 Å². The molecule has 0 unspecified atom stereocenters. The molecule has 1 aliphatic rings. The van der Waals surface area contributed by atoms with Crippen LogP contribution in [0.4, 0.5) is 11.4 Å². The molecule has 1 aliphatic heterocycles. The molecule has 6 heteroatoms. The highest BCUT2D eigenvalue weighted by atomic mass is 16.5. The SMILES string of the molecule is COc1ccc(CCC(=O)N2CCN(C(=O)c3ccccc3Nc3ccccc3)CC2)cc1. The number of hydrogen-bond donors (Lipinski definition) is 1. The third kappa shape index (κ3) is 5.71. The number of aryl methyl sites for hydroxylation is 1. The van der Waals surface area contributed by atoms with Crippen LogP contribution in [0.5, 0.6) is 5.75 Å². The summed E-state index contributed by atoms with van der Waals surface area (Å²) < 4.78 is 5.18. The van der Waals surface area contributed by atoms with Gasteiger partial charge in [-0.3, -0.25) is 9.59 Å². The van der Waals surface area contributed by atoms with E-state index >= 15 is 0 Å². The summed E-state index contributed by atoms with van der Waals surface area (Å²) in [6.45, 7) is 2.18. The van der Waals surface area contributed by atoms with Gasteiger partial charge in [-0.2, -0.15) is 0 Å². The average molecular weight is 444 g/mol. The van der Waals surface area contributed by atoms with Crippen molar-refractivity contribution in [1.29, 1.82) is 0 Å². The summed E-state index contributed by atoms with van der Waals surface area (Å²) in [5, 5.41) is 3.34. The van der Waals surface area contributed by atoms with Crippen molar-refractivity contribution in [2.24, 2.45) is 0 Å². The minimum atomic E-state index is -0.0145. The van der Waals surface area contributed by atoms with E-state index < -0.39 is 0 Å². The smallest absolute Gasteiger partial charge is 0.256 e. The highest BCUT2D eigenvalue weighted by molar-refractivity contribution is 6.00. The predicted molar refractivity (Wildman–Crippen MR) is 130 cm³/mol. The third-order valence-corrected chi connectivity index (χ3v) is 5.92. The van der Waals surface area contributed by atoms with Gasteiger partial charge in [-0.25, -0.2) is 0 Å². The maximum absolute atomic E-state index is 13.2. The predicted octanol–water partition coefficient (Wildman–Crippen LogP) is 4.36. The zero-order valence-corrected chi connectivity index (χ0v) is 18.9. The topological polar surface area (TPSA) is 61.9 Å². The minimum Gasteiger partial charge on any atom is -0.497 e. The molecule has 1 N–H and O–H groups in total. The van der Waals surface area contributed by atoms with Crippen LogP contribution in [-0.2, 0) is 11.2 Å². The first-order valence-corrected chi connectivity index (χ1v) is 11.2. The lowest BCUT2D eigenvalue weighted by atomic mass is 10.1. The number of para-hydroxylation sites is 2. The molecule has 1 heterocycles. The molecule has 0 aliphatic carbocycles. The summed E-state index contributed by atoms with van der Waals surface area (Å²) in [5.41, 5.74) is 3.47. The van der Waals surface area contributed by atoms with Gasteiger partial charge in [0.1, 0.15) is 5.75 Å². The van der Waals surface area contributed by atoms with Crippen molar-refractivity contribution < 1.29 is 14.3 Å². The number of piperazine rings is 1. The second kappa shape index (κ2) is 10.7. The first-order valence-electron chi connectivity index (χ1n) is 11.2. The maximum Gasteiger partial charge on any atom is 0.256 e. The summed E-state index contributed by atoms with van der Waals surface area (Å²) in [6, 6.07) is 25.2. The molecule has 1 fully saturated rings. The fourth-order valence-electron chi connectivity index (χ4n) is 3.99. The number of rotatable bonds is 7. The zero-order valence-electron chi connectivity index (χ0n) is 18.9. The number of benzene rings is 3. The van der Waals surface area contributed by atoms with Crippen molar-refractivity contribution in [2.75, 3.05) is 38.6 Å². The number of nitrogens with zero attached hydrogens (tertiary/aromatic N) is 2. The van der Waals surface area contributed by atoms with Gasteiger partial charge in [0.2, 0.25) is 5.91 Å². The van der Waals surface area contributed by atoms with Crippen LogP contribution in [0.1, 0.15) is 22.3 Å². The lowest BCUT2D eigenvalue weighted by molar-refractivity contribution is -0.132. The van der Waals surface area contributed by atoms with E-state index in [4.69, 9.17) is 4.74 Å². The molecule has 1 saturated heterocycles. The van der Waals surface area contributed by atoms with Crippen LogP contribution in [0.3, 0.4) is 0 Å². The molecule has 0 spiro atoms. The number of anilines is 2. The van der Waals surface area contributed by atoms with Crippen molar-refractivity contribution >= 4 is 23.2 Å². The van der Waals surface area contributed by atoms with Gasteiger partial charge in [-0.15, -0.1) is 0 Å². The van der Waals surface area contributed by atoms with Crippen molar-refractivity contribution in [3.05, 3.63) is 90.0 Å². The van der Waals surface area contributed by atoms with Gasteiger partial charge in [0.25, 0.3) is 5.91 Å². The number of ether oxygens (including phenoxy) is 1. The van der Waals surface area contributed by atoms with Gasteiger partial charge in [-0.05, 0) is 48.4 Å². The second-order valence-corrected chi connectivity index (χ2v) is 8.06. The maximum atomic E-state index is 13.2. The van der Waals surface area contributed by atoms with Gasteiger partial charge >= 0.3 is 0 Å². The Kier molecular flexibility index (Phi) is 7.25. The molecular formula is C27H29N3O3. The fourth-order valence-corrected chi connectivity index (χ4v) is 3.99. The normalized spacial score (nSPS) is 13.5. The first-order chi connectivity index (χ1) is 16.1. The zero-order chi connectivity index (χ0) is 23.0. The summed E-state index contributed by atoms with van der Waals surface area (Å²) in [6.07, 6.45) is 1.16. The average Bonchev–Trinajstić information content (AvgIpc) is 2.88. The molecule has 0 bridgehead atoms. The van der Waals surface area contributed by atoms with Crippen LogP contribution < -0.4 is 10.1 Å². The number of methoxy groups -OCH3 is 1. The van der Waals surface area contributed by atoms with Gasteiger partial charge in [-0.1, -0.05) is 42.5 Å². The number of carbonyl (C=O) groups is 2. The monoisotopic (exact) mass is 443 g/mol. The number of carbonyl (C=O) groups excluding carboxylic acids is 2. The molecule has 0 atom stereocenters. The molecule has 3 aromatic rings. The number of hydrogen-bond acceptors (Lipinski definition) is 4. The van der Waals surface area contributed by atoms with Gasteiger partial charge in [0, 0.05) is 38.3 Å². The van der Waals surface area contributed by atoms with E-state index in [1.165, 1.54) is 0 Å². The summed E-state index contributed by atoms with van der Waals surface area (Å²) in [7, 11) is 1.64. The highest BCUT2D eigenvalue weighted by Crippen LogP contribution is 2.23. The Morgan fingerprint density at radius 3 is 2.15 bits per heavy atom. The number of nitrogens with one attached hydrogen (secondary N) is 1. The molecule has 33 heavy (non-hydrogen) atoms. The standard InChI is InChI=1S/C27H29N3O3/c1-33-23-14-11-21(12-15-23)13-16-26(31)29-17-19-30(20-18-29)27(32)24-9-5-6-10-25(24)28-22-7-3-2-4-8-22/h2-12,14-15,28H,13,16-20H2,1H3. The van der Waals surface area contributed by atoms with E-state index in [0.29, 0.717) is 44.6 Å². The largest absolute Gasteiger partial charge is 0.497 e. The molecule has 4 rings (SSSR count). The molecule has 3 aromatic carbocycles. The third-order valence-electron chi connectivity index (χ3n) is 5.92. The summed E-state index contributed by atoms with van der Waals surface area (Å²) in [5.74, 6) is 0.926. The van der Waals surface area contributed by atoms with Crippen molar-refractivity contribution in [2.45, 2.75) is 12.8 Å². The minimum absolute atomic E-state index is 0.0145. The van der Waals surface area contributed by atoms with Crippen molar-refractivity contribution in [1.82, 2.24) is 9.80 Å². The molecule has 6 nitrogen and oxygen atoms in total. The Balaban J connectivity index is 1.31. The van der Waals surface area contributed by atoms with Crippen molar-refractivity contribution in [3.63, 3.8) is 0 Å². The lowest BCUT2D eigenvalue weighted by Crippen LogP contribution is -2.50. The molecule has 0 saturated carbocycles. The van der Waals surface area contributed by atoms with Gasteiger partial charge in [0.05, 0.1) is 18.4 Å². The summed E-state index contributed by atoms with van der Waals surface area (Å²) >= 11 is 0. The van der Waals surface area contributed by atoms with Crippen LogP contribution in [0.2, 0.25) is 0 Å². The second-order valence-electron chi connectivity index (χ2n) is 8.06. The molecule has 2 amide bonds. The van der Waals surface area contributed by atoms with Crippen LogP contribution in [0, 0.1) is 0 Å². The quantitative estimate of drug-likeness (QED) is 0.590. The van der Waals surface area contributed by atoms with Crippen molar-refractivity contribution in [3.8, 4) is 5.75 Å². The van der Waals surface area contributed by atoms with Crippen LogP contribution in [0.25, 0.3) is 0 Å². The van der Waals surface area contributed by atoms with Crippen LogP contribution in [-0.4, -0.2) is 54.9 Å². The summed E-state index contributed by atoms with van der Waals surface area (Å²) in [4.78, 5) is 29.6. The highest BCUT2D eigenvalue weighted by Gasteiger charge is 2.26. The van der Waals surface area contributed by atoms with E-state index in [0.717, 1.165) is 22.7 Å². The number of amides is 2. The van der Waals surface area contributed by atoms with E-state index in [9.17, 15) is 9.59 Å². The molecular weight excluding hydrogens is 414 g/mol. The van der Waals surface area contributed by atoms with E-state index in [2.05, 4.69) is 5.32 Å². The molecule has 170 valence electrons. The van der Waals surface area contributed by atoms with Crippen LogP contribution >= 0.6 is 0 Å². The Morgan fingerprint density at radius 1 is 0.818 bits per heavy atom. The van der Waals surface area contributed by atoms with Gasteiger partial charge in [0.15, 0.2) is 0 Å². The van der Waals surface area contributed by atoms with E-state index in [1.807, 2.05) is 88.7 Å². The van der Waals surface area contributed by atoms with Crippen LogP contribution in [0.15, 0.2) is 78.9 Å².